The van der Waals surface area contributed by atoms with E-state index in [1.807, 2.05) is 30.3 Å². The molecule has 2 aromatic rings. The fourth-order valence-electron chi connectivity index (χ4n) is 1.76. The first-order chi connectivity index (χ1) is 11.1. The second-order valence-corrected chi connectivity index (χ2v) is 4.62. The van der Waals surface area contributed by atoms with Gasteiger partial charge >= 0.3 is 0 Å². The first-order valence-electron chi connectivity index (χ1n) is 6.85. The normalized spacial score (nSPS) is 10.4. The van der Waals surface area contributed by atoms with E-state index >= 15 is 0 Å². The smallest absolute Gasteiger partial charge is 0.270 e. The van der Waals surface area contributed by atoms with E-state index in [9.17, 15) is 14.9 Å². The molecule has 0 bridgehead atoms. The third kappa shape index (κ3) is 5.58. The first-order valence-corrected chi connectivity index (χ1v) is 6.85. The largest absolute Gasteiger partial charge is 0.386 e. The number of nitro groups is 1. The van der Waals surface area contributed by atoms with E-state index in [-0.39, 0.29) is 18.2 Å². The molecular weight excluding hydrogens is 298 g/mol. The van der Waals surface area contributed by atoms with Crippen LogP contribution >= 0.6 is 0 Å². The highest BCUT2D eigenvalue weighted by molar-refractivity contribution is 5.80. The van der Waals surface area contributed by atoms with Gasteiger partial charge in [-0.2, -0.15) is 0 Å². The number of amides is 1. The standard InChI is InChI=1S/C16H15N3O4/c20-16(17-10-13-5-2-1-3-6-13)12-23-18-11-14-7-4-8-15(9-14)19(21)22/h1-9,11H,10,12H2,(H,17,20)/b18-11-. The van der Waals surface area contributed by atoms with Crippen molar-refractivity contribution in [3.63, 3.8) is 0 Å². The summed E-state index contributed by atoms with van der Waals surface area (Å²) in [5.41, 5.74) is 1.47. The van der Waals surface area contributed by atoms with Gasteiger partial charge in [0, 0.05) is 24.2 Å². The zero-order chi connectivity index (χ0) is 16.5. The van der Waals surface area contributed by atoms with Gasteiger partial charge in [-0.05, 0) is 5.56 Å². The Morgan fingerprint density at radius 3 is 2.74 bits per heavy atom. The first kappa shape index (κ1) is 16.2. The molecule has 0 radical (unpaired) electrons. The average Bonchev–Trinajstić information content (AvgIpc) is 2.58. The SMILES string of the molecule is O=C(CO/N=C\c1cccc([N+](=O)[O-])c1)NCc1ccccc1. The molecule has 1 amide bonds. The van der Waals surface area contributed by atoms with Gasteiger partial charge in [0.05, 0.1) is 11.1 Å². The minimum absolute atomic E-state index is 0.0328. The predicted octanol–water partition coefficient (Wildman–Crippen LogP) is 2.26. The van der Waals surface area contributed by atoms with Crippen molar-refractivity contribution in [2.24, 2.45) is 5.16 Å². The number of nitrogens with zero attached hydrogens (tertiary/aromatic N) is 2. The van der Waals surface area contributed by atoms with Crippen LogP contribution in [0.15, 0.2) is 59.8 Å². The number of nitro benzene ring substituents is 1. The van der Waals surface area contributed by atoms with Crippen molar-refractivity contribution in [2.45, 2.75) is 6.54 Å². The zero-order valence-electron chi connectivity index (χ0n) is 12.2. The molecule has 118 valence electrons. The maximum Gasteiger partial charge on any atom is 0.270 e. The zero-order valence-corrected chi connectivity index (χ0v) is 12.2. The Bertz CT molecular complexity index is 701. The highest BCUT2D eigenvalue weighted by Gasteiger charge is 2.04. The molecule has 0 aromatic heterocycles. The molecule has 0 unspecified atom stereocenters. The number of hydrogen-bond acceptors (Lipinski definition) is 5. The van der Waals surface area contributed by atoms with Crippen molar-refractivity contribution in [3.05, 3.63) is 75.8 Å². The van der Waals surface area contributed by atoms with Crippen LogP contribution in [0, 0.1) is 10.1 Å². The average molecular weight is 313 g/mol. The van der Waals surface area contributed by atoms with E-state index in [0.29, 0.717) is 12.1 Å². The Labute approximate surface area is 132 Å². The summed E-state index contributed by atoms with van der Waals surface area (Å²) in [7, 11) is 0. The van der Waals surface area contributed by atoms with Gasteiger partial charge in [0.25, 0.3) is 11.6 Å². The summed E-state index contributed by atoms with van der Waals surface area (Å²) in [6, 6.07) is 15.4. The monoisotopic (exact) mass is 313 g/mol. The molecule has 2 rings (SSSR count). The van der Waals surface area contributed by atoms with Gasteiger partial charge in [-0.1, -0.05) is 47.6 Å². The molecule has 0 saturated carbocycles. The Balaban J connectivity index is 1.74. The van der Waals surface area contributed by atoms with E-state index in [0.717, 1.165) is 5.56 Å². The summed E-state index contributed by atoms with van der Waals surface area (Å²) >= 11 is 0. The predicted molar refractivity (Wildman–Crippen MR) is 84.9 cm³/mol. The van der Waals surface area contributed by atoms with Crippen LogP contribution in [0.2, 0.25) is 0 Å². The molecule has 0 saturated heterocycles. The number of carbonyl (C=O) groups is 1. The van der Waals surface area contributed by atoms with Crippen LogP contribution < -0.4 is 5.32 Å². The van der Waals surface area contributed by atoms with Crippen molar-refractivity contribution in [1.29, 1.82) is 0 Å². The van der Waals surface area contributed by atoms with E-state index in [1.165, 1.54) is 18.3 Å². The van der Waals surface area contributed by atoms with E-state index in [4.69, 9.17) is 4.84 Å². The molecule has 0 aliphatic carbocycles. The minimum atomic E-state index is -0.491. The fourth-order valence-corrected chi connectivity index (χ4v) is 1.76. The summed E-state index contributed by atoms with van der Waals surface area (Å²) in [6.45, 7) is 0.190. The number of non-ortho nitro benzene ring substituents is 1. The molecule has 0 fully saturated rings. The Morgan fingerprint density at radius 2 is 2.00 bits per heavy atom. The lowest BCUT2D eigenvalue weighted by atomic mass is 10.2. The lowest BCUT2D eigenvalue weighted by Crippen LogP contribution is -2.26. The molecule has 0 spiro atoms. The number of hydrogen-bond donors (Lipinski definition) is 1. The van der Waals surface area contributed by atoms with Crippen LogP contribution in [-0.2, 0) is 16.2 Å². The van der Waals surface area contributed by atoms with E-state index in [2.05, 4.69) is 10.5 Å². The quantitative estimate of drug-likeness (QED) is 0.482. The van der Waals surface area contributed by atoms with Crippen molar-refractivity contribution in [1.82, 2.24) is 5.32 Å². The van der Waals surface area contributed by atoms with Crippen LogP contribution in [-0.4, -0.2) is 23.7 Å². The molecule has 23 heavy (non-hydrogen) atoms. The van der Waals surface area contributed by atoms with Crippen LogP contribution in [0.25, 0.3) is 0 Å². The second kappa shape index (κ2) is 8.28. The Kier molecular flexibility index (Phi) is 5.81. The number of carbonyl (C=O) groups excluding carboxylic acids is 1. The molecule has 0 heterocycles. The number of nitrogens with one attached hydrogen (secondary N) is 1. The fraction of sp³-hybridized carbons (Fsp3) is 0.125. The third-order valence-corrected chi connectivity index (χ3v) is 2.89. The molecule has 7 nitrogen and oxygen atoms in total. The number of oxime groups is 1. The third-order valence-electron chi connectivity index (χ3n) is 2.89. The van der Waals surface area contributed by atoms with Crippen molar-refractivity contribution < 1.29 is 14.6 Å². The molecule has 0 aliphatic heterocycles. The van der Waals surface area contributed by atoms with Gasteiger partial charge in [-0.15, -0.1) is 0 Å². The van der Waals surface area contributed by atoms with Gasteiger partial charge in [0.15, 0.2) is 6.61 Å². The van der Waals surface area contributed by atoms with Gasteiger partial charge in [0.1, 0.15) is 0 Å². The number of benzene rings is 2. The van der Waals surface area contributed by atoms with Crippen molar-refractivity contribution in [3.8, 4) is 0 Å². The van der Waals surface area contributed by atoms with Crippen LogP contribution in [0.5, 0.6) is 0 Å². The number of rotatable bonds is 7. The topological polar surface area (TPSA) is 93.8 Å². The molecule has 0 aliphatic rings. The lowest BCUT2D eigenvalue weighted by molar-refractivity contribution is -0.384. The van der Waals surface area contributed by atoms with Crippen LogP contribution in [0.3, 0.4) is 0 Å². The van der Waals surface area contributed by atoms with Crippen molar-refractivity contribution in [2.75, 3.05) is 6.61 Å². The summed E-state index contributed by atoms with van der Waals surface area (Å²) < 4.78 is 0. The van der Waals surface area contributed by atoms with Crippen LogP contribution in [0.4, 0.5) is 5.69 Å². The Morgan fingerprint density at radius 1 is 1.22 bits per heavy atom. The summed E-state index contributed by atoms with van der Waals surface area (Å²) in [5.74, 6) is -0.301. The van der Waals surface area contributed by atoms with Gasteiger partial charge in [-0.3, -0.25) is 14.9 Å². The van der Waals surface area contributed by atoms with Gasteiger partial charge in [0.2, 0.25) is 0 Å². The molecule has 1 N–H and O–H groups in total. The van der Waals surface area contributed by atoms with Gasteiger partial charge in [-0.25, -0.2) is 0 Å². The molecule has 2 aromatic carbocycles. The van der Waals surface area contributed by atoms with Crippen LogP contribution in [0.1, 0.15) is 11.1 Å². The molecular formula is C16H15N3O4. The summed E-state index contributed by atoms with van der Waals surface area (Å²) in [4.78, 5) is 26.6. The summed E-state index contributed by atoms with van der Waals surface area (Å²) in [6.07, 6.45) is 1.32. The maximum absolute atomic E-state index is 11.6. The molecule has 7 heteroatoms. The lowest BCUT2D eigenvalue weighted by Gasteiger charge is -2.04. The van der Waals surface area contributed by atoms with E-state index < -0.39 is 4.92 Å². The highest BCUT2D eigenvalue weighted by Crippen LogP contribution is 2.11. The highest BCUT2D eigenvalue weighted by atomic mass is 16.6. The van der Waals surface area contributed by atoms with Gasteiger partial charge < -0.3 is 10.2 Å². The van der Waals surface area contributed by atoms with E-state index in [1.54, 1.807) is 12.1 Å². The summed E-state index contributed by atoms with van der Waals surface area (Å²) in [5, 5.41) is 17.0. The van der Waals surface area contributed by atoms with Crippen molar-refractivity contribution >= 4 is 17.8 Å². The second-order valence-electron chi connectivity index (χ2n) is 4.62. The Hall–Kier alpha value is -3.22. The minimum Gasteiger partial charge on any atom is -0.386 e. The maximum atomic E-state index is 11.6. The molecule has 0 atom stereocenters.